The molecule has 0 saturated carbocycles. The Labute approximate surface area is 142 Å². The van der Waals surface area contributed by atoms with Crippen LogP contribution in [0.1, 0.15) is 6.92 Å². The maximum atomic E-state index is 10.0. The van der Waals surface area contributed by atoms with Crippen molar-refractivity contribution < 1.29 is 68.1 Å². The summed E-state index contributed by atoms with van der Waals surface area (Å²) in [6.45, 7) is 5.90. The van der Waals surface area contributed by atoms with E-state index in [2.05, 4.69) is 6.58 Å². The van der Waals surface area contributed by atoms with Crippen molar-refractivity contribution >= 4 is 0 Å². The molecule has 0 aliphatic carbocycles. The van der Waals surface area contributed by atoms with Crippen LogP contribution in [0.2, 0.25) is 0 Å². The minimum absolute atomic E-state index is 0. The zero-order chi connectivity index (χ0) is 12.4. The van der Waals surface area contributed by atoms with Gasteiger partial charge in [-0.25, -0.2) is 0 Å². The predicted octanol–water partition coefficient (Wildman–Crippen LogP) is 0.457. The number of aliphatic hydroxyl groups is 1. The van der Waals surface area contributed by atoms with E-state index in [4.69, 9.17) is 24.7 Å². The molecule has 0 aromatic heterocycles. The van der Waals surface area contributed by atoms with Crippen LogP contribution in [0.4, 0.5) is 0 Å². The van der Waals surface area contributed by atoms with Gasteiger partial charge >= 0.3 is 0 Å². The molecule has 4 unspecified atom stereocenters. The third kappa shape index (κ3) is 3.74. The molecule has 6 atom stereocenters. The second-order valence-corrected chi connectivity index (χ2v) is 4.18. The van der Waals surface area contributed by atoms with Crippen molar-refractivity contribution in [2.75, 3.05) is 13.2 Å². The molecule has 6 nitrogen and oxygen atoms in total. The molecule has 0 aromatic rings. The molecule has 1 radical (unpaired) electrons. The Morgan fingerprint density at radius 1 is 1.50 bits per heavy atom. The van der Waals surface area contributed by atoms with Crippen molar-refractivity contribution in [2.45, 2.75) is 43.9 Å². The molecule has 101 valence electrons. The van der Waals surface area contributed by atoms with Gasteiger partial charge in [0.05, 0.1) is 19.3 Å². The van der Waals surface area contributed by atoms with Crippen LogP contribution in [0.3, 0.4) is 0 Å². The van der Waals surface area contributed by atoms with Crippen LogP contribution in [0, 0.1) is 44.1 Å². The van der Waals surface area contributed by atoms with Gasteiger partial charge in [0.1, 0.15) is 18.5 Å². The third-order valence-electron chi connectivity index (χ3n) is 2.90. The fourth-order valence-electron chi connectivity index (χ4n) is 2.02. The average molecular weight is 471 g/mol. The summed E-state index contributed by atoms with van der Waals surface area (Å²) < 4.78 is 21.6. The van der Waals surface area contributed by atoms with Crippen molar-refractivity contribution in [3.05, 3.63) is 18.4 Å². The van der Waals surface area contributed by atoms with Crippen LogP contribution in [0.5, 0.6) is 0 Å². The van der Waals surface area contributed by atoms with E-state index in [0.29, 0.717) is 6.61 Å². The Morgan fingerprint density at radius 2 is 2.22 bits per heavy atom. The van der Waals surface area contributed by atoms with E-state index in [1.165, 1.54) is 0 Å². The zero-order valence-electron chi connectivity index (χ0n) is 10.3. The molecule has 2 heterocycles. The maximum absolute atomic E-state index is 10.0. The van der Waals surface area contributed by atoms with Crippen molar-refractivity contribution in [3.63, 3.8) is 0 Å². The molecule has 2 aliphatic heterocycles. The molecule has 0 amide bonds. The topological polar surface area (TPSA) is 81.0 Å². The summed E-state index contributed by atoms with van der Waals surface area (Å²) >= 11 is 0. The Hall–Kier alpha value is 0.942. The summed E-state index contributed by atoms with van der Waals surface area (Å²) in [4.78, 5) is 0. The van der Waals surface area contributed by atoms with Gasteiger partial charge in [-0.3, -0.25) is 0 Å². The maximum Gasteiger partial charge on any atom is 0.155 e. The largest absolute Gasteiger partial charge is 0.668 e. The summed E-state index contributed by atoms with van der Waals surface area (Å²) in [5, 5.41) is 10.0. The van der Waals surface area contributed by atoms with E-state index < -0.39 is 30.6 Å². The molecule has 2 saturated heterocycles. The minimum Gasteiger partial charge on any atom is -0.668 e. The van der Waals surface area contributed by atoms with E-state index in [1.807, 2.05) is 0 Å². The Bertz CT molecular complexity index is 278. The number of fused-ring (bicyclic) bond motifs is 1. The summed E-state index contributed by atoms with van der Waals surface area (Å²) in [5.74, 6) is 0. The fourth-order valence-corrected chi connectivity index (χ4v) is 2.02. The SMILES string of the molecule is C=CCO[C@@H]1OC2COC(C)O[C@@H]2C(O)C1[NH-].[Ac]. The first-order valence-corrected chi connectivity index (χ1v) is 5.67. The third-order valence-corrected chi connectivity index (χ3v) is 2.90. The van der Waals surface area contributed by atoms with Crippen molar-refractivity contribution in [2.24, 2.45) is 0 Å². The summed E-state index contributed by atoms with van der Waals surface area (Å²) in [6.07, 6.45) is -1.43. The zero-order valence-corrected chi connectivity index (χ0v) is 15.1. The molecule has 0 aromatic carbocycles. The van der Waals surface area contributed by atoms with Gasteiger partial charge in [-0.05, 0) is 6.92 Å². The van der Waals surface area contributed by atoms with Crippen molar-refractivity contribution in [1.82, 2.24) is 0 Å². The van der Waals surface area contributed by atoms with Crippen LogP contribution in [0.15, 0.2) is 12.7 Å². The van der Waals surface area contributed by atoms with Crippen molar-refractivity contribution in [3.8, 4) is 0 Å². The fraction of sp³-hybridized carbons (Fsp3) is 0.818. The molecule has 0 bridgehead atoms. The number of aliphatic hydroxyl groups excluding tert-OH is 1. The van der Waals surface area contributed by atoms with Crippen LogP contribution in [-0.2, 0) is 18.9 Å². The van der Waals surface area contributed by atoms with Gasteiger partial charge in [0.2, 0.25) is 0 Å². The normalized spacial score (nSPS) is 43.7. The summed E-state index contributed by atoms with van der Waals surface area (Å²) in [6, 6.07) is -0.888. The van der Waals surface area contributed by atoms with Gasteiger partial charge in [0.15, 0.2) is 6.29 Å². The molecule has 0 spiro atoms. The van der Waals surface area contributed by atoms with E-state index in [9.17, 15) is 5.11 Å². The van der Waals surface area contributed by atoms with E-state index in [0.717, 1.165) is 0 Å². The molecule has 2 aliphatic rings. The average Bonchev–Trinajstić information content (AvgIpc) is 2.33. The second kappa shape index (κ2) is 7.65. The molecule has 7 heteroatoms. The smallest absolute Gasteiger partial charge is 0.155 e. The Morgan fingerprint density at radius 3 is 2.89 bits per heavy atom. The molecule has 18 heavy (non-hydrogen) atoms. The molecule has 2 rings (SSSR count). The van der Waals surface area contributed by atoms with E-state index in [-0.39, 0.29) is 57.0 Å². The number of nitrogens with one attached hydrogen (secondary N) is 1. The van der Waals surface area contributed by atoms with Crippen molar-refractivity contribution in [1.29, 1.82) is 0 Å². The first-order chi connectivity index (χ1) is 8.13. The Balaban J connectivity index is 0.00000162. The molecule has 2 N–H and O–H groups in total. The van der Waals surface area contributed by atoms with Gasteiger partial charge < -0.3 is 29.8 Å². The van der Waals surface area contributed by atoms with Gasteiger partial charge in [-0.2, -0.15) is 0 Å². The van der Waals surface area contributed by atoms with E-state index >= 15 is 0 Å². The van der Waals surface area contributed by atoms with Crippen LogP contribution in [0.25, 0.3) is 5.73 Å². The monoisotopic (exact) mass is 471 g/mol. The van der Waals surface area contributed by atoms with Crippen LogP contribution >= 0.6 is 0 Å². The first-order valence-electron chi connectivity index (χ1n) is 5.67. The molecule has 2 fully saturated rings. The number of rotatable bonds is 3. The van der Waals surface area contributed by atoms with Gasteiger partial charge in [0, 0.05) is 44.1 Å². The van der Waals surface area contributed by atoms with Gasteiger partial charge in [-0.1, -0.05) is 12.1 Å². The van der Waals surface area contributed by atoms with Crippen LogP contribution < -0.4 is 0 Å². The van der Waals surface area contributed by atoms with Gasteiger partial charge in [0.25, 0.3) is 0 Å². The number of ether oxygens (including phenoxy) is 4. The summed E-state index contributed by atoms with van der Waals surface area (Å²) in [5.41, 5.74) is 7.85. The standard InChI is InChI=1S/C11H18NO5.Ac/c1-3-4-14-11-8(12)9(13)10-7(17-11)5-15-6(2)16-10;/h3,6-13H,1,4-5H2,2H3;/q-1;/t6?,7?,8?,9?,10-,11+;/m0./s1. The predicted molar refractivity (Wildman–Crippen MR) is 59.2 cm³/mol. The number of hydrogen-bond acceptors (Lipinski definition) is 5. The summed E-state index contributed by atoms with van der Waals surface area (Å²) in [7, 11) is 0. The second-order valence-electron chi connectivity index (χ2n) is 4.18. The Kier molecular flexibility index (Phi) is 7.22. The number of hydrogen-bond donors (Lipinski definition) is 1. The molecular formula is C11H18AcNO5-. The quantitative estimate of drug-likeness (QED) is 0.606. The van der Waals surface area contributed by atoms with E-state index in [1.54, 1.807) is 13.0 Å². The minimum atomic E-state index is -0.935. The molecular weight excluding hydrogens is 453 g/mol. The van der Waals surface area contributed by atoms with Gasteiger partial charge in [-0.15, -0.1) is 6.58 Å². The van der Waals surface area contributed by atoms with Crippen LogP contribution in [-0.4, -0.2) is 55.3 Å². The first kappa shape index (κ1) is 17.0.